The van der Waals surface area contributed by atoms with Crippen molar-refractivity contribution >= 4 is 17.8 Å². The van der Waals surface area contributed by atoms with E-state index in [0.717, 1.165) is 21.8 Å². The first-order valence-electron chi connectivity index (χ1n) is 10.3. The van der Waals surface area contributed by atoms with Gasteiger partial charge in [-0.3, -0.25) is 14.5 Å². The lowest BCUT2D eigenvalue weighted by Gasteiger charge is -2.22. The number of ether oxygens (including phenoxy) is 3. The normalized spacial score (nSPS) is 19.1. The fraction of sp³-hybridized carbons (Fsp3) is 0.348. The summed E-state index contributed by atoms with van der Waals surface area (Å²) in [5, 5.41) is 5.48. The minimum absolute atomic E-state index is 0.160. The van der Waals surface area contributed by atoms with Gasteiger partial charge in [-0.15, -0.1) is 0 Å². The summed E-state index contributed by atoms with van der Waals surface area (Å²) in [6.45, 7) is 1.87. The van der Waals surface area contributed by atoms with Crippen LogP contribution in [0.1, 0.15) is 18.1 Å². The van der Waals surface area contributed by atoms with E-state index in [1.807, 2.05) is 30.3 Å². The molecule has 9 nitrogen and oxygen atoms in total. The van der Waals surface area contributed by atoms with Crippen LogP contribution in [-0.2, 0) is 22.4 Å². The second kappa shape index (κ2) is 8.78. The highest BCUT2D eigenvalue weighted by molar-refractivity contribution is 6.08. The maximum absolute atomic E-state index is 13.0. The molecule has 0 radical (unpaired) electrons. The molecule has 9 heteroatoms. The van der Waals surface area contributed by atoms with Crippen LogP contribution in [0.15, 0.2) is 42.5 Å². The summed E-state index contributed by atoms with van der Waals surface area (Å²) in [5.74, 6) is 1.18. The number of urea groups is 1. The van der Waals surface area contributed by atoms with Gasteiger partial charge < -0.3 is 24.8 Å². The molecular weight excluding hydrogens is 414 g/mol. The van der Waals surface area contributed by atoms with E-state index in [-0.39, 0.29) is 19.8 Å². The first-order chi connectivity index (χ1) is 15.4. The number of nitrogens with one attached hydrogen (secondary N) is 2. The van der Waals surface area contributed by atoms with Crippen molar-refractivity contribution in [2.24, 2.45) is 0 Å². The zero-order valence-electron chi connectivity index (χ0n) is 18.0. The third-order valence-corrected chi connectivity index (χ3v) is 5.54. The number of benzene rings is 2. The molecule has 1 atom stereocenters. The van der Waals surface area contributed by atoms with Gasteiger partial charge in [0, 0.05) is 13.0 Å². The zero-order chi connectivity index (χ0) is 22.7. The number of nitrogens with zero attached hydrogens (tertiary/aromatic N) is 1. The molecular formula is C23H25N3O6. The predicted molar refractivity (Wildman–Crippen MR) is 115 cm³/mol. The lowest BCUT2D eigenvalue weighted by Crippen LogP contribution is -2.47. The van der Waals surface area contributed by atoms with E-state index in [4.69, 9.17) is 14.2 Å². The van der Waals surface area contributed by atoms with Crippen LogP contribution in [0.4, 0.5) is 4.79 Å². The lowest BCUT2D eigenvalue weighted by atomic mass is 9.92. The van der Waals surface area contributed by atoms with Crippen molar-refractivity contribution in [3.05, 3.63) is 53.6 Å². The summed E-state index contributed by atoms with van der Waals surface area (Å²) in [7, 11) is 1.60. The number of amides is 4. The molecule has 168 valence electrons. The summed E-state index contributed by atoms with van der Waals surface area (Å²) in [5.41, 5.74) is 0.710. The number of carbonyl (C=O) groups excluding carboxylic acids is 3. The summed E-state index contributed by atoms with van der Waals surface area (Å²) < 4.78 is 15.8. The highest BCUT2D eigenvalue weighted by Gasteiger charge is 2.48. The van der Waals surface area contributed by atoms with Crippen molar-refractivity contribution in [3.63, 3.8) is 0 Å². The second-order valence-electron chi connectivity index (χ2n) is 7.97. The summed E-state index contributed by atoms with van der Waals surface area (Å²) in [4.78, 5) is 38.7. The van der Waals surface area contributed by atoms with E-state index in [0.29, 0.717) is 24.5 Å². The first-order valence-corrected chi connectivity index (χ1v) is 10.3. The van der Waals surface area contributed by atoms with Gasteiger partial charge in [-0.25, -0.2) is 4.79 Å². The maximum atomic E-state index is 13.0. The van der Waals surface area contributed by atoms with Gasteiger partial charge in [-0.2, -0.15) is 0 Å². The first kappa shape index (κ1) is 21.5. The molecule has 0 spiro atoms. The van der Waals surface area contributed by atoms with Crippen LogP contribution in [0.25, 0.3) is 0 Å². The van der Waals surface area contributed by atoms with E-state index < -0.39 is 23.4 Å². The van der Waals surface area contributed by atoms with Crippen LogP contribution in [0.3, 0.4) is 0 Å². The van der Waals surface area contributed by atoms with E-state index in [9.17, 15) is 14.4 Å². The van der Waals surface area contributed by atoms with E-state index in [1.54, 1.807) is 26.2 Å². The topological polar surface area (TPSA) is 106 Å². The van der Waals surface area contributed by atoms with Crippen molar-refractivity contribution < 1.29 is 28.6 Å². The largest absolute Gasteiger partial charge is 0.497 e. The quantitative estimate of drug-likeness (QED) is 0.606. The average molecular weight is 439 g/mol. The van der Waals surface area contributed by atoms with Crippen molar-refractivity contribution in [2.45, 2.75) is 25.3 Å². The third-order valence-electron chi connectivity index (χ3n) is 5.54. The lowest BCUT2D eigenvalue weighted by molar-refractivity contribution is -0.134. The van der Waals surface area contributed by atoms with Crippen molar-refractivity contribution in [1.82, 2.24) is 15.5 Å². The highest BCUT2D eigenvalue weighted by atomic mass is 16.7. The van der Waals surface area contributed by atoms with Gasteiger partial charge in [0.05, 0.1) is 7.11 Å². The molecule has 0 aliphatic carbocycles. The molecule has 0 saturated carbocycles. The molecule has 1 saturated heterocycles. The Kier molecular flexibility index (Phi) is 5.89. The van der Waals surface area contributed by atoms with Gasteiger partial charge in [-0.05, 0) is 48.7 Å². The molecule has 2 aliphatic heterocycles. The van der Waals surface area contributed by atoms with Crippen molar-refractivity contribution in [3.8, 4) is 17.2 Å². The van der Waals surface area contributed by atoms with Crippen LogP contribution < -0.4 is 24.8 Å². The van der Waals surface area contributed by atoms with Crippen LogP contribution in [0.5, 0.6) is 17.2 Å². The molecule has 1 unspecified atom stereocenters. The molecule has 2 aromatic carbocycles. The molecule has 0 aromatic heterocycles. The van der Waals surface area contributed by atoms with Gasteiger partial charge >= 0.3 is 6.03 Å². The molecule has 4 amide bonds. The molecule has 4 rings (SSSR count). The minimum Gasteiger partial charge on any atom is -0.497 e. The molecule has 2 heterocycles. The fourth-order valence-corrected chi connectivity index (χ4v) is 3.81. The Morgan fingerprint density at radius 2 is 1.84 bits per heavy atom. The van der Waals surface area contributed by atoms with Crippen LogP contribution in [0, 0.1) is 0 Å². The minimum atomic E-state index is -1.14. The Balaban J connectivity index is 1.31. The van der Waals surface area contributed by atoms with Crippen molar-refractivity contribution in [1.29, 1.82) is 0 Å². The molecule has 2 aromatic rings. The second-order valence-corrected chi connectivity index (χ2v) is 7.97. The van der Waals surface area contributed by atoms with Crippen LogP contribution in [-0.4, -0.2) is 55.3 Å². The Bertz CT molecular complexity index is 1040. The van der Waals surface area contributed by atoms with E-state index in [2.05, 4.69) is 10.6 Å². The van der Waals surface area contributed by atoms with E-state index >= 15 is 0 Å². The zero-order valence-corrected chi connectivity index (χ0v) is 18.0. The Morgan fingerprint density at radius 3 is 2.59 bits per heavy atom. The smallest absolute Gasteiger partial charge is 0.325 e. The monoisotopic (exact) mass is 439 g/mol. The predicted octanol–water partition coefficient (Wildman–Crippen LogP) is 1.64. The number of fused-ring (bicyclic) bond motifs is 1. The average Bonchev–Trinajstić information content (AvgIpc) is 3.32. The summed E-state index contributed by atoms with van der Waals surface area (Å²) in [6, 6.07) is 12.4. The molecule has 1 fully saturated rings. The fourth-order valence-electron chi connectivity index (χ4n) is 3.81. The number of carbonyl (C=O) groups is 3. The standard InChI is InChI=1S/C23H25N3O6/c1-23(12-16-5-8-18-19(11-16)32-14-31-18)21(28)26(22(29)25-23)13-20(27)24-10-9-15-3-6-17(30-2)7-4-15/h3-8,11H,9-10,12-14H2,1-2H3,(H,24,27)(H,25,29). The van der Waals surface area contributed by atoms with Crippen LogP contribution >= 0.6 is 0 Å². The molecule has 2 aliphatic rings. The number of imide groups is 1. The number of rotatable bonds is 8. The molecule has 0 bridgehead atoms. The number of methoxy groups -OCH3 is 1. The van der Waals surface area contributed by atoms with Crippen molar-refractivity contribution in [2.75, 3.05) is 27.0 Å². The summed E-state index contributed by atoms with van der Waals surface area (Å²) >= 11 is 0. The van der Waals surface area contributed by atoms with Gasteiger partial charge in [0.25, 0.3) is 5.91 Å². The SMILES string of the molecule is COc1ccc(CCNC(=O)CN2C(=O)NC(C)(Cc3ccc4c(c3)OCO4)C2=O)cc1. The summed E-state index contributed by atoms with van der Waals surface area (Å²) in [6.07, 6.45) is 0.890. The van der Waals surface area contributed by atoms with E-state index in [1.165, 1.54) is 0 Å². The third kappa shape index (κ3) is 4.46. The van der Waals surface area contributed by atoms with Gasteiger partial charge in [0.1, 0.15) is 17.8 Å². The van der Waals surface area contributed by atoms with Gasteiger partial charge in [-0.1, -0.05) is 18.2 Å². The Labute approximate surface area is 185 Å². The molecule has 32 heavy (non-hydrogen) atoms. The molecule has 2 N–H and O–H groups in total. The number of hydrogen-bond acceptors (Lipinski definition) is 6. The van der Waals surface area contributed by atoms with Crippen LogP contribution in [0.2, 0.25) is 0 Å². The Morgan fingerprint density at radius 1 is 1.12 bits per heavy atom. The number of hydrogen-bond donors (Lipinski definition) is 2. The highest BCUT2D eigenvalue weighted by Crippen LogP contribution is 2.34. The Hall–Kier alpha value is -3.75. The van der Waals surface area contributed by atoms with Gasteiger partial charge in [0.15, 0.2) is 11.5 Å². The maximum Gasteiger partial charge on any atom is 0.325 e. The van der Waals surface area contributed by atoms with Gasteiger partial charge in [0.2, 0.25) is 12.7 Å².